The highest BCUT2D eigenvalue weighted by Crippen LogP contribution is 2.17. The maximum absolute atomic E-state index is 11.2. The van der Waals surface area contributed by atoms with Crippen LogP contribution >= 0.6 is 0 Å². The van der Waals surface area contributed by atoms with E-state index in [2.05, 4.69) is 17.1 Å². The zero-order chi connectivity index (χ0) is 14.5. The number of aromatic nitrogens is 1. The summed E-state index contributed by atoms with van der Waals surface area (Å²) in [5.74, 6) is 0.225. The lowest BCUT2D eigenvalue weighted by Gasteiger charge is -2.07. The van der Waals surface area contributed by atoms with E-state index in [1.165, 1.54) is 5.39 Å². The standard InChI is InChI=1S/C10H8O.C9H7N/c11-10-7-3-5-8-4-1-2-6-9(8)10;1-2-6-9-8(4-1)5-3-7-10-9/h1-6H,7H2;1-7H. The summed E-state index contributed by atoms with van der Waals surface area (Å²) in [5.41, 5.74) is 2.96. The average molecular weight is 273 g/mol. The summed E-state index contributed by atoms with van der Waals surface area (Å²) in [7, 11) is 0. The lowest BCUT2D eigenvalue weighted by atomic mass is 9.97. The number of hydrogen-bond acceptors (Lipinski definition) is 2. The number of benzene rings is 2. The summed E-state index contributed by atoms with van der Waals surface area (Å²) < 4.78 is 0. The van der Waals surface area contributed by atoms with Crippen LogP contribution < -0.4 is 0 Å². The summed E-state index contributed by atoms with van der Waals surface area (Å²) in [4.78, 5) is 15.4. The third kappa shape index (κ3) is 3.06. The van der Waals surface area contributed by atoms with E-state index in [1.54, 1.807) is 0 Å². The van der Waals surface area contributed by atoms with Crippen LogP contribution in [0.5, 0.6) is 0 Å². The van der Waals surface area contributed by atoms with Crippen molar-refractivity contribution in [1.82, 2.24) is 4.98 Å². The number of rotatable bonds is 0. The van der Waals surface area contributed by atoms with Gasteiger partial charge in [-0.25, -0.2) is 0 Å². The Bertz CT molecular complexity index is 740. The Labute approximate surface area is 123 Å². The van der Waals surface area contributed by atoms with E-state index in [-0.39, 0.29) is 5.78 Å². The molecule has 4 rings (SSSR count). The van der Waals surface area contributed by atoms with Crippen molar-refractivity contribution in [3.63, 3.8) is 0 Å². The molecule has 0 bridgehead atoms. The van der Waals surface area contributed by atoms with Crippen LogP contribution in [0.15, 0.2) is 72.9 Å². The molecule has 2 aromatic carbocycles. The van der Waals surface area contributed by atoms with E-state index in [0.717, 1.165) is 16.6 Å². The first kappa shape index (κ1) is 13.3. The Morgan fingerprint density at radius 2 is 1.62 bits per heavy atom. The highest BCUT2D eigenvalue weighted by Gasteiger charge is 2.10. The molecule has 1 aliphatic carbocycles. The molecule has 0 N–H and O–H groups in total. The van der Waals surface area contributed by atoms with Gasteiger partial charge in [0.2, 0.25) is 0 Å². The fraction of sp³-hybridized carbons (Fsp3) is 0.0526. The van der Waals surface area contributed by atoms with Crippen molar-refractivity contribution < 1.29 is 4.79 Å². The number of fused-ring (bicyclic) bond motifs is 2. The van der Waals surface area contributed by atoms with Crippen molar-refractivity contribution in [2.75, 3.05) is 0 Å². The van der Waals surface area contributed by atoms with Crippen molar-refractivity contribution in [1.29, 1.82) is 0 Å². The minimum Gasteiger partial charge on any atom is -0.294 e. The monoisotopic (exact) mass is 273 g/mol. The van der Waals surface area contributed by atoms with Crippen LogP contribution in [0.25, 0.3) is 17.0 Å². The van der Waals surface area contributed by atoms with Gasteiger partial charge < -0.3 is 0 Å². The Hall–Kier alpha value is -2.74. The Balaban J connectivity index is 0.000000126. The Morgan fingerprint density at radius 1 is 0.857 bits per heavy atom. The van der Waals surface area contributed by atoms with Crippen LogP contribution in [-0.2, 0) is 0 Å². The molecule has 0 amide bonds. The van der Waals surface area contributed by atoms with Gasteiger partial charge in [-0.1, -0.05) is 60.7 Å². The van der Waals surface area contributed by atoms with Crippen LogP contribution in [0.1, 0.15) is 22.3 Å². The molecule has 0 saturated carbocycles. The zero-order valence-electron chi connectivity index (χ0n) is 11.6. The maximum Gasteiger partial charge on any atom is 0.167 e. The fourth-order valence-electron chi connectivity index (χ4n) is 2.32. The number of carbonyl (C=O) groups is 1. The smallest absolute Gasteiger partial charge is 0.167 e. The molecule has 0 atom stereocenters. The van der Waals surface area contributed by atoms with Crippen LogP contribution in [0.2, 0.25) is 0 Å². The van der Waals surface area contributed by atoms with Crippen molar-refractivity contribution in [2.24, 2.45) is 0 Å². The largest absolute Gasteiger partial charge is 0.294 e. The maximum atomic E-state index is 11.2. The fourth-order valence-corrected chi connectivity index (χ4v) is 2.32. The van der Waals surface area contributed by atoms with Gasteiger partial charge in [-0.2, -0.15) is 0 Å². The number of allylic oxidation sites excluding steroid dienone is 1. The minimum atomic E-state index is 0.225. The van der Waals surface area contributed by atoms with E-state index in [0.29, 0.717) is 6.42 Å². The van der Waals surface area contributed by atoms with E-state index >= 15 is 0 Å². The lowest BCUT2D eigenvalue weighted by molar-refractivity contribution is 0.0994. The summed E-state index contributed by atoms with van der Waals surface area (Å²) in [5, 5.41) is 1.20. The van der Waals surface area contributed by atoms with Crippen molar-refractivity contribution in [2.45, 2.75) is 6.42 Å². The predicted octanol–water partition coefficient (Wildman–Crippen LogP) is 4.52. The molecule has 0 unspecified atom stereocenters. The molecule has 1 aromatic heterocycles. The number of carbonyl (C=O) groups excluding carboxylic acids is 1. The summed E-state index contributed by atoms with van der Waals surface area (Å²) >= 11 is 0. The molecular formula is C19H15NO. The topological polar surface area (TPSA) is 30.0 Å². The molecule has 2 heteroatoms. The number of nitrogens with zero attached hydrogens (tertiary/aromatic N) is 1. The normalized spacial score (nSPS) is 12.5. The molecule has 0 saturated heterocycles. The predicted molar refractivity (Wildman–Crippen MR) is 86.2 cm³/mol. The number of para-hydroxylation sites is 1. The highest BCUT2D eigenvalue weighted by molar-refractivity contribution is 6.02. The summed E-state index contributed by atoms with van der Waals surface area (Å²) in [6, 6.07) is 19.8. The van der Waals surface area contributed by atoms with Gasteiger partial charge in [0.15, 0.2) is 5.78 Å². The van der Waals surface area contributed by atoms with Crippen LogP contribution in [-0.4, -0.2) is 10.8 Å². The molecule has 1 aliphatic rings. The van der Waals surface area contributed by atoms with Gasteiger partial charge in [0.25, 0.3) is 0 Å². The molecular weight excluding hydrogens is 258 g/mol. The van der Waals surface area contributed by atoms with Crippen molar-refractivity contribution >= 4 is 22.8 Å². The second kappa shape index (κ2) is 6.14. The second-order valence-corrected chi connectivity index (χ2v) is 4.81. The quantitative estimate of drug-likeness (QED) is 0.602. The van der Waals surface area contributed by atoms with Crippen LogP contribution in [0.4, 0.5) is 0 Å². The van der Waals surface area contributed by atoms with Crippen LogP contribution in [0, 0.1) is 0 Å². The first-order valence-corrected chi connectivity index (χ1v) is 6.93. The molecule has 21 heavy (non-hydrogen) atoms. The first-order chi connectivity index (χ1) is 10.3. The van der Waals surface area contributed by atoms with Gasteiger partial charge in [-0.15, -0.1) is 0 Å². The minimum absolute atomic E-state index is 0.225. The average Bonchev–Trinajstić information content (AvgIpc) is 2.56. The Kier molecular flexibility index (Phi) is 3.88. The highest BCUT2D eigenvalue weighted by atomic mass is 16.1. The van der Waals surface area contributed by atoms with Crippen molar-refractivity contribution in [3.05, 3.63) is 84.1 Å². The number of Topliss-reactive ketones (excluding diaryl/α,β-unsaturated/α-hetero) is 1. The van der Waals surface area contributed by atoms with Gasteiger partial charge in [0.05, 0.1) is 5.52 Å². The van der Waals surface area contributed by atoms with Gasteiger partial charge in [0.1, 0.15) is 0 Å². The number of pyridine rings is 1. The lowest BCUT2D eigenvalue weighted by Crippen LogP contribution is -2.02. The van der Waals surface area contributed by atoms with Gasteiger partial charge in [0, 0.05) is 23.6 Å². The number of hydrogen-bond donors (Lipinski definition) is 0. The first-order valence-electron chi connectivity index (χ1n) is 6.93. The molecule has 0 fully saturated rings. The Morgan fingerprint density at radius 3 is 2.48 bits per heavy atom. The second-order valence-electron chi connectivity index (χ2n) is 4.81. The number of ketones is 1. The van der Waals surface area contributed by atoms with E-state index in [9.17, 15) is 4.79 Å². The SMILES string of the molecule is O=C1CC=Cc2ccccc21.c1ccc2ncccc2c1. The third-order valence-corrected chi connectivity index (χ3v) is 3.37. The van der Waals surface area contributed by atoms with Gasteiger partial charge >= 0.3 is 0 Å². The molecule has 0 aliphatic heterocycles. The molecule has 102 valence electrons. The van der Waals surface area contributed by atoms with Crippen LogP contribution in [0.3, 0.4) is 0 Å². The van der Waals surface area contributed by atoms with Gasteiger partial charge in [-0.05, 0) is 17.7 Å². The van der Waals surface area contributed by atoms with E-state index in [1.807, 2.05) is 66.9 Å². The summed E-state index contributed by atoms with van der Waals surface area (Å²) in [6.45, 7) is 0. The van der Waals surface area contributed by atoms with E-state index < -0.39 is 0 Å². The van der Waals surface area contributed by atoms with Crippen molar-refractivity contribution in [3.8, 4) is 0 Å². The molecule has 0 radical (unpaired) electrons. The third-order valence-electron chi connectivity index (χ3n) is 3.37. The molecule has 2 nitrogen and oxygen atoms in total. The zero-order valence-corrected chi connectivity index (χ0v) is 11.6. The molecule has 0 spiro atoms. The van der Waals surface area contributed by atoms with Gasteiger partial charge in [-0.3, -0.25) is 9.78 Å². The molecule has 1 heterocycles. The van der Waals surface area contributed by atoms with E-state index in [4.69, 9.17) is 0 Å². The summed E-state index contributed by atoms with van der Waals surface area (Å²) in [6.07, 6.45) is 6.26. The molecule has 3 aromatic rings.